The van der Waals surface area contributed by atoms with E-state index in [0.29, 0.717) is 6.42 Å². The zero-order valence-electron chi connectivity index (χ0n) is 13.8. The van der Waals surface area contributed by atoms with Gasteiger partial charge in [-0.25, -0.2) is 0 Å². The molecule has 0 saturated heterocycles. The van der Waals surface area contributed by atoms with Crippen molar-refractivity contribution in [3.63, 3.8) is 0 Å². The minimum absolute atomic E-state index is 0.0380. The average molecular weight is 312 g/mol. The number of benzene rings is 2. The highest BCUT2D eigenvalue weighted by Gasteiger charge is 2.08. The Morgan fingerprint density at radius 1 is 1.13 bits per heavy atom. The van der Waals surface area contributed by atoms with E-state index in [-0.39, 0.29) is 5.91 Å². The van der Waals surface area contributed by atoms with Crippen LogP contribution in [0.15, 0.2) is 48.5 Å². The zero-order valence-corrected chi connectivity index (χ0v) is 13.8. The van der Waals surface area contributed by atoms with Gasteiger partial charge in [0.25, 0.3) is 0 Å². The van der Waals surface area contributed by atoms with E-state index in [4.69, 9.17) is 4.74 Å². The standard InChI is InChI=1S/C19H24N2O2/c1-20-12-6-9-19(22)21-17-10-11-18(23-2)16(14-17)13-15-7-4-3-5-8-15/h3-5,7-8,10-11,14,20H,6,9,12-13H2,1-2H3,(H,21,22). The van der Waals surface area contributed by atoms with Crippen molar-refractivity contribution >= 4 is 11.6 Å². The van der Waals surface area contributed by atoms with E-state index in [2.05, 4.69) is 22.8 Å². The first-order chi connectivity index (χ1) is 11.2. The second kappa shape index (κ2) is 8.96. The highest BCUT2D eigenvalue weighted by molar-refractivity contribution is 5.90. The van der Waals surface area contributed by atoms with Gasteiger partial charge in [-0.3, -0.25) is 4.79 Å². The van der Waals surface area contributed by atoms with Crippen LogP contribution in [0.2, 0.25) is 0 Å². The molecule has 0 heterocycles. The molecule has 23 heavy (non-hydrogen) atoms. The van der Waals surface area contributed by atoms with Crippen LogP contribution >= 0.6 is 0 Å². The molecule has 0 radical (unpaired) electrons. The first-order valence-corrected chi connectivity index (χ1v) is 7.88. The quantitative estimate of drug-likeness (QED) is 0.736. The first kappa shape index (κ1) is 17.0. The molecule has 2 N–H and O–H groups in total. The number of nitrogens with one attached hydrogen (secondary N) is 2. The van der Waals surface area contributed by atoms with Crippen molar-refractivity contribution in [2.75, 3.05) is 26.0 Å². The minimum atomic E-state index is 0.0380. The van der Waals surface area contributed by atoms with Gasteiger partial charge in [0.15, 0.2) is 0 Å². The molecule has 0 atom stereocenters. The summed E-state index contributed by atoms with van der Waals surface area (Å²) in [6.07, 6.45) is 2.11. The summed E-state index contributed by atoms with van der Waals surface area (Å²) in [5.41, 5.74) is 3.08. The number of hydrogen-bond acceptors (Lipinski definition) is 3. The summed E-state index contributed by atoms with van der Waals surface area (Å²) in [6.45, 7) is 0.843. The fourth-order valence-electron chi connectivity index (χ4n) is 2.46. The van der Waals surface area contributed by atoms with Crippen molar-refractivity contribution in [3.05, 3.63) is 59.7 Å². The molecule has 0 bridgehead atoms. The molecule has 2 aromatic carbocycles. The third-order valence-electron chi connectivity index (χ3n) is 3.63. The van der Waals surface area contributed by atoms with Crippen molar-refractivity contribution in [2.24, 2.45) is 0 Å². The molecule has 4 nitrogen and oxygen atoms in total. The third kappa shape index (κ3) is 5.42. The lowest BCUT2D eigenvalue weighted by Crippen LogP contribution is -2.15. The van der Waals surface area contributed by atoms with E-state index in [1.165, 1.54) is 5.56 Å². The number of amides is 1. The fourth-order valence-corrected chi connectivity index (χ4v) is 2.46. The SMILES string of the molecule is CNCCCC(=O)Nc1ccc(OC)c(Cc2ccccc2)c1. The Labute approximate surface area is 137 Å². The van der Waals surface area contributed by atoms with Crippen LogP contribution in [0.1, 0.15) is 24.0 Å². The van der Waals surface area contributed by atoms with Crippen molar-refractivity contribution in [3.8, 4) is 5.75 Å². The molecule has 2 aromatic rings. The van der Waals surface area contributed by atoms with Crippen molar-refractivity contribution in [1.29, 1.82) is 0 Å². The second-order valence-corrected chi connectivity index (χ2v) is 5.44. The third-order valence-corrected chi connectivity index (χ3v) is 3.63. The Balaban J connectivity index is 2.07. The van der Waals surface area contributed by atoms with Gasteiger partial charge >= 0.3 is 0 Å². The van der Waals surface area contributed by atoms with Gasteiger partial charge in [0, 0.05) is 24.1 Å². The maximum atomic E-state index is 11.9. The molecule has 0 spiro atoms. The predicted molar refractivity (Wildman–Crippen MR) is 94.0 cm³/mol. The van der Waals surface area contributed by atoms with E-state index >= 15 is 0 Å². The van der Waals surface area contributed by atoms with Crippen LogP contribution in [-0.2, 0) is 11.2 Å². The van der Waals surface area contributed by atoms with Crippen LogP contribution in [0.5, 0.6) is 5.75 Å². The molecule has 0 aliphatic rings. The van der Waals surface area contributed by atoms with Gasteiger partial charge in [-0.1, -0.05) is 30.3 Å². The maximum absolute atomic E-state index is 11.9. The number of carbonyl (C=O) groups excluding carboxylic acids is 1. The van der Waals surface area contributed by atoms with Crippen LogP contribution in [0.3, 0.4) is 0 Å². The molecule has 2 rings (SSSR count). The van der Waals surface area contributed by atoms with Gasteiger partial charge in [0.1, 0.15) is 5.75 Å². The lowest BCUT2D eigenvalue weighted by molar-refractivity contribution is -0.116. The minimum Gasteiger partial charge on any atom is -0.496 e. The Hall–Kier alpha value is -2.33. The number of hydrogen-bond donors (Lipinski definition) is 2. The fraction of sp³-hybridized carbons (Fsp3) is 0.316. The number of rotatable bonds is 8. The summed E-state index contributed by atoms with van der Waals surface area (Å²) in [5.74, 6) is 0.873. The lowest BCUT2D eigenvalue weighted by atomic mass is 10.0. The Morgan fingerprint density at radius 3 is 2.61 bits per heavy atom. The zero-order chi connectivity index (χ0) is 16.5. The maximum Gasteiger partial charge on any atom is 0.224 e. The monoisotopic (exact) mass is 312 g/mol. The summed E-state index contributed by atoms with van der Waals surface area (Å²) < 4.78 is 5.44. The molecule has 0 aliphatic carbocycles. The highest BCUT2D eigenvalue weighted by Crippen LogP contribution is 2.25. The Kier molecular flexibility index (Phi) is 6.63. The number of methoxy groups -OCH3 is 1. The molecule has 1 amide bonds. The summed E-state index contributed by atoms with van der Waals surface area (Å²) in [6, 6.07) is 16.0. The van der Waals surface area contributed by atoms with Crippen LogP contribution in [0.4, 0.5) is 5.69 Å². The molecule has 0 fully saturated rings. The predicted octanol–water partition coefficient (Wildman–Crippen LogP) is 3.22. The summed E-state index contributed by atoms with van der Waals surface area (Å²) >= 11 is 0. The van der Waals surface area contributed by atoms with E-state index in [1.54, 1.807) is 7.11 Å². The molecule has 122 valence electrons. The molecular weight excluding hydrogens is 288 g/mol. The molecular formula is C19H24N2O2. The molecule has 4 heteroatoms. The van der Waals surface area contributed by atoms with Crippen molar-refractivity contribution < 1.29 is 9.53 Å². The van der Waals surface area contributed by atoms with Crippen LogP contribution in [0.25, 0.3) is 0 Å². The normalized spacial score (nSPS) is 10.3. The Bertz CT molecular complexity index is 627. The van der Waals surface area contributed by atoms with E-state index in [9.17, 15) is 4.79 Å². The first-order valence-electron chi connectivity index (χ1n) is 7.88. The molecule has 0 aromatic heterocycles. The van der Waals surface area contributed by atoms with Gasteiger partial charge in [0.05, 0.1) is 7.11 Å². The molecule has 0 aliphatic heterocycles. The summed E-state index contributed by atoms with van der Waals surface area (Å²) in [7, 11) is 3.55. The van der Waals surface area contributed by atoms with Gasteiger partial charge in [0.2, 0.25) is 5.91 Å². The van der Waals surface area contributed by atoms with E-state index < -0.39 is 0 Å². The van der Waals surface area contributed by atoms with Crippen LogP contribution in [0, 0.1) is 0 Å². The molecule has 0 unspecified atom stereocenters. The molecule has 0 saturated carbocycles. The average Bonchev–Trinajstić information content (AvgIpc) is 2.56. The van der Waals surface area contributed by atoms with E-state index in [0.717, 1.165) is 36.4 Å². The summed E-state index contributed by atoms with van der Waals surface area (Å²) in [5, 5.41) is 6.00. The van der Waals surface area contributed by atoms with Crippen molar-refractivity contribution in [1.82, 2.24) is 5.32 Å². The van der Waals surface area contributed by atoms with Crippen molar-refractivity contribution in [2.45, 2.75) is 19.3 Å². The largest absolute Gasteiger partial charge is 0.496 e. The number of ether oxygens (including phenoxy) is 1. The highest BCUT2D eigenvalue weighted by atomic mass is 16.5. The Morgan fingerprint density at radius 2 is 1.91 bits per heavy atom. The topological polar surface area (TPSA) is 50.4 Å². The second-order valence-electron chi connectivity index (χ2n) is 5.44. The summed E-state index contributed by atoms with van der Waals surface area (Å²) in [4.78, 5) is 11.9. The smallest absolute Gasteiger partial charge is 0.224 e. The van der Waals surface area contributed by atoms with Gasteiger partial charge in [-0.2, -0.15) is 0 Å². The van der Waals surface area contributed by atoms with Gasteiger partial charge < -0.3 is 15.4 Å². The number of carbonyl (C=O) groups is 1. The van der Waals surface area contributed by atoms with Crippen LogP contribution in [-0.4, -0.2) is 26.6 Å². The van der Waals surface area contributed by atoms with Gasteiger partial charge in [-0.15, -0.1) is 0 Å². The van der Waals surface area contributed by atoms with Gasteiger partial charge in [-0.05, 0) is 43.8 Å². The van der Waals surface area contributed by atoms with Crippen LogP contribution < -0.4 is 15.4 Å². The lowest BCUT2D eigenvalue weighted by Gasteiger charge is -2.12. The number of anilines is 1. The van der Waals surface area contributed by atoms with E-state index in [1.807, 2.05) is 43.4 Å².